The molecule has 2 fully saturated rings. The number of nitrogens with one attached hydrogen (secondary N) is 3. The number of alkyl carbamates (subject to hydrolysis) is 1. The fraction of sp³-hybridized carbons (Fsp3) is 0.640. The predicted octanol–water partition coefficient (Wildman–Crippen LogP) is 1.51. The highest BCUT2D eigenvalue weighted by atomic mass is 32.2. The Bertz CT molecular complexity index is 1060. The SMILES string of the molecule is CC(C)C[C@H](NC(=O)OC1(Cc2ccccc2)CCC1)C(=O)N[C@@H](C[C@@H]1CCNC1=O)C(O)S(=O)(=O)O. The Morgan fingerprint density at radius 3 is 2.38 bits per heavy atom. The van der Waals surface area contributed by atoms with Gasteiger partial charge < -0.3 is 25.8 Å². The predicted molar refractivity (Wildman–Crippen MR) is 135 cm³/mol. The summed E-state index contributed by atoms with van der Waals surface area (Å²) in [5.74, 6) is -1.74. The van der Waals surface area contributed by atoms with Crippen molar-refractivity contribution in [2.24, 2.45) is 11.8 Å². The average Bonchev–Trinajstić information content (AvgIpc) is 3.20. The molecule has 3 rings (SSSR count). The van der Waals surface area contributed by atoms with E-state index in [0.717, 1.165) is 12.0 Å². The first-order valence-corrected chi connectivity index (χ1v) is 14.1. The molecular weight excluding hydrogens is 502 g/mol. The average molecular weight is 540 g/mol. The second-order valence-corrected chi connectivity index (χ2v) is 12.0. The monoisotopic (exact) mass is 539 g/mol. The molecule has 1 aliphatic carbocycles. The summed E-state index contributed by atoms with van der Waals surface area (Å²) in [6, 6.07) is 7.11. The van der Waals surface area contributed by atoms with E-state index >= 15 is 0 Å². The lowest BCUT2D eigenvalue weighted by Crippen LogP contribution is -2.56. The summed E-state index contributed by atoms with van der Waals surface area (Å²) >= 11 is 0. The third-order valence-electron chi connectivity index (χ3n) is 6.94. The maximum Gasteiger partial charge on any atom is 0.408 e. The van der Waals surface area contributed by atoms with Crippen LogP contribution < -0.4 is 16.0 Å². The van der Waals surface area contributed by atoms with Crippen molar-refractivity contribution < 1.29 is 37.2 Å². The number of ether oxygens (including phenoxy) is 1. The Hall–Kier alpha value is -2.70. The first-order valence-electron chi connectivity index (χ1n) is 12.6. The lowest BCUT2D eigenvalue weighted by molar-refractivity contribution is -0.126. The number of carbonyl (C=O) groups excluding carboxylic acids is 3. The number of hydrogen-bond acceptors (Lipinski definition) is 7. The van der Waals surface area contributed by atoms with Gasteiger partial charge in [-0.25, -0.2) is 4.79 Å². The van der Waals surface area contributed by atoms with Crippen LogP contribution in [0.4, 0.5) is 4.79 Å². The van der Waals surface area contributed by atoms with Gasteiger partial charge in [-0.3, -0.25) is 14.1 Å². The molecule has 0 spiro atoms. The summed E-state index contributed by atoms with van der Waals surface area (Å²) in [7, 11) is -4.93. The molecule has 0 radical (unpaired) electrons. The molecule has 2 aliphatic rings. The number of carbonyl (C=O) groups is 3. The molecule has 1 aromatic rings. The highest BCUT2D eigenvalue weighted by molar-refractivity contribution is 7.86. The third-order valence-corrected chi connectivity index (χ3v) is 7.88. The van der Waals surface area contributed by atoms with Crippen LogP contribution in [0.1, 0.15) is 57.9 Å². The van der Waals surface area contributed by atoms with Gasteiger partial charge in [0.2, 0.25) is 17.3 Å². The van der Waals surface area contributed by atoms with E-state index in [1.807, 2.05) is 44.2 Å². The molecule has 3 amide bonds. The van der Waals surface area contributed by atoms with Crippen LogP contribution in [0.2, 0.25) is 0 Å². The van der Waals surface area contributed by atoms with E-state index in [1.54, 1.807) is 0 Å². The van der Waals surface area contributed by atoms with Crippen molar-refractivity contribution in [3.8, 4) is 0 Å². The number of aliphatic hydroxyl groups is 1. The van der Waals surface area contributed by atoms with Crippen LogP contribution in [0, 0.1) is 11.8 Å². The Kier molecular flexibility index (Phi) is 9.54. The molecule has 12 heteroatoms. The van der Waals surface area contributed by atoms with Gasteiger partial charge in [-0.2, -0.15) is 8.42 Å². The minimum atomic E-state index is -4.93. The molecule has 206 valence electrons. The van der Waals surface area contributed by atoms with Crippen molar-refractivity contribution in [3.63, 3.8) is 0 Å². The molecule has 4 atom stereocenters. The van der Waals surface area contributed by atoms with E-state index < -0.39 is 51.2 Å². The Morgan fingerprint density at radius 1 is 1.19 bits per heavy atom. The van der Waals surface area contributed by atoms with Crippen LogP contribution >= 0.6 is 0 Å². The number of rotatable bonds is 12. The minimum Gasteiger partial charge on any atom is -0.443 e. The zero-order valence-electron chi connectivity index (χ0n) is 21.2. The molecule has 1 aliphatic heterocycles. The fourth-order valence-corrected chi connectivity index (χ4v) is 5.43. The highest BCUT2D eigenvalue weighted by Crippen LogP contribution is 2.38. The van der Waals surface area contributed by atoms with E-state index in [9.17, 15) is 32.5 Å². The van der Waals surface area contributed by atoms with Crippen LogP contribution in [-0.2, 0) is 30.9 Å². The molecule has 1 heterocycles. The van der Waals surface area contributed by atoms with Crippen LogP contribution in [0.5, 0.6) is 0 Å². The van der Waals surface area contributed by atoms with Crippen molar-refractivity contribution in [1.82, 2.24) is 16.0 Å². The van der Waals surface area contributed by atoms with Gasteiger partial charge in [-0.1, -0.05) is 44.2 Å². The molecule has 0 bridgehead atoms. The normalized spacial score (nSPS) is 21.3. The summed E-state index contributed by atoms with van der Waals surface area (Å²) in [6.07, 6.45) is 2.51. The van der Waals surface area contributed by atoms with Gasteiger partial charge in [-0.15, -0.1) is 0 Å². The minimum absolute atomic E-state index is 0.0245. The van der Waals surface area contributed by atoms with Gasteiger partial charge in [-0.05, 0) is 50.0 Å². The number of hydrogen-bond donors (Lipinski definition) is 5. The number of amides is 3. The molecule has 1 unspecified atom stereocenters. The largest absolute Gasteiger partial charge is 0.443 e. The van der Waals surface area contributed by atoms with E-state index in [4.69, 9.17) is 4.74 Å². The zero-order valence-corrected chi connectivity index (χ0v) is 22.0. The van der Waals surface area contributed by atoms with Gasteiger partial charge in [0.05, 0.1) is 6.04 Å². The summed E-state index contributed by atoms with van der Waals surface area (Å²) in [5.41, 5.74) is -1.96. The van der Waals surface area contributed by atoms with Gasteiger partial charge >= 0.3 is 6.09 Å². The van der Waals surface area contributed by atoms with Crippen LogP contribution in [0.3, 0.4) is 0 Å². The van der Waals surface area contributed by atoms with Crippen molar-refractivity contribution >= 4 is 28.0 Å². The summed E-state index contributed by atoms with van der Waals surface area (Å²) in [6.45, 7) is 4.09. The van der Waals surface area contributed by atoms with Crippen molar-refractivity contribution in [3.05, 3.63) is 35.9 Å². The van der Waals surface area contributed by atoms with Crippen molar-refractivity contribution in [2.75, 3.05) is 6.54 Å². The first-order chi connectivity index (χ1) is 17.4. The second-order valence-electron chi connectivity index (χ2n) is 10.4. The standard InChI is InChI=1S/C25H37N3O8S/c1-16(2)13-19(28-24(32)36-25(10-6-11-25)15-17-7-4-3-5-8-17)22(30)27-20(23(31)37(33,34)35)14-18-9-12-26-21(18)29/h3-5,7-8,16,18-20,23,31H,6,9-15H2,1-2H3,(H,26,29)(H,27,30)(H,28,32)(H,33,34,35)/t18-,19-,20-,23?/m0/s1. The van der Waals surface area contributed by atoms with Crippen LogP contribution in [0.15, 0.2) is 30.3 Å². The fourth-order valence-electron chi connectivity index (χ4n) is 4.84. The zero-order chi connectivity index (χ0) is 27.2. The Morgan fingerprint density at radius 2 is 1.86 bits per heavy atom. The molecule has 1 saturated carbocycles. The molecular formula is C25H37N3O8S. The van der Waals surface area contributed by atoms with Crippen LogP contribution in [-0.4, -0.2) is 65.7 Å². The highest BCUT2D eigenvalue weighted by Gasteiger charge is 2.42. The molecule has 1 aromatic carbocycles. The second kappa shape index (κ2) is 12.2. The van der Waals surface area contributed by atoms with E-state index in [0.29, 0.717) is 32.2 Å². The van der Waals surface area contributed by atoms with Gasteiger partial charge in [0.15, 0.2) is 0 Å². The smallest absolute Gasteiger partial charge is 0.408 e. The van der Waals surface area contributed by atoms with E-state index in [1.165, 1.54) is 0 Å². The third kappa shape index (κ3) is 8.14. The first kappa shape index (κ1) is 28.9. The van der Waals surface area contributed by atoms with Gasteiger partial charge in [0.1, 0.15) is 11.6 Å². The maximum absolute atomic E-state index is 13.2. The van der Waals surface area contributed by atoms with Crippen molar-refractivity contribution in [2.45, 2.75) is 81.9 Å². The summed E-state index contributed by atoms with van der Waals surface area (Å²) in [4.78, 5) is 38.1. The Balaban J connectivity index is 1.69. The number of benzene rings is 1. The van der Waals surface area contributed by atoms with Crippen molar-refractivity contribution in [1.29, 1.82) is 0 Å². The topological polar surface area (TPSA) is 171 Å². The lowest BCUT2D eigenvalue weighted by atomic mass is 9.76. The molecule has 5 N–H and O–H groups in total. The van der Waals surface area contributed by atoms with Gasteiger partial charge in [0.25, 0.3) is 10.1 Å². The Labute approximate surface area is 217 Å². The van der Waals surface area contributed by atoms with Crippen LogP contribution in [0.25, 0.3) is 0 Å². The lowest BCUT2D eigenvalue weighted by Gasteiger charge is -2.41. The summed E-state index contributed by atoms with van der Waals surface area (Å²) < 4.78 is 38.5. The van der Waals surface area contributed by atoms with E-state index in [2.05, 4.69) is 16.0 Å². The number of aliphatic hydroxyl groups excluding tert-OH is 1. The molecule has 11 nitrogen and oxygen atoms in total. The van der Waals surface area contributed by atoms with E-state index in [-0.39, 0.29) is 24.7 Å². The molecule has 0 aromatic heterocycles. The maximum atomic E-state index is 13.2. The molecule has 1 saturated heterocycles. The molecule has 37 heavy (non-hydrogen) atoms. The summed E-state index contributed by atoms with van der Waals surface area (Å²) in [5, 5.41) is 17.9. The quantitative estimate of drug-likeness (QED) is 0.249. The van der Waals surface area contributed by atoms with Gasteiger partial charge in [0, 0.05) is 18.9 Å².